The minimum Gasteiger partial charge on any atom is -0.465 e. The van der Waals surface area contributed by atoms with E-state index in [4.69, 9.17) is 11.6 Å². The zero-order valence-corrected chi connectivity index (χ0v) is 16.9. The number of carbonyl (C=O) groups excluding carboxylic acids is 2. The van der Waals surface area contributed by atoms with Gasteiger partial charge in [0.25, 0.3) is 0 Å². The molecular formula is C20H26ClN3O4. The Bertz CT molecular complexity index is 761. The highest BCUT2D eigenvalue weighted by atomic mass is 35.5. The van der Waals surface area contributed by atoms with Crippen LogP contribution in [-0.2, 0) is 9.59 Å². The fourth-order valence-corrected chi connectivity index (χ4v) is 4.67. The predicted molar refractivity (Wildman–Crippen MR) is 106 cm³/mol. The Labute approximate surface area is 169 Å². The van der Waals surface area contributed by atoms with Gasteiger partial charge in [0.05, 0.1) is 0 Å². The van der Waals surface area contributed by atoms with E-state index in [-0.39, 0.29) is 30.1 Å². The van der Waals surface area contributed by atoms with E-state index in [9.17, 15) is 19.5 Å². The van der Waals surface area contributed by atoms with Crippen molar-refractivity contribution in [3.05, 3.63) is 34.9 Å². The number of nitrogens with zero attached hydrogens (tertiary/aromatic N) is 2. The van der Waals surface area contributed by atoms with Crippen LogP contribution in [0.25, 0.3) is 0 Å². The normalized spacial score (nSPS) is 25.5. The second-order valence-corrected chi connectivity index (χ2v) is 8.08. The van der Waals surface area contributed by atoms with Crippen molar-refractivity contribution >= 4 is 29.4 Å². The van der Waals surface area contributed by atoms with Gasteiger partial charge < -0.3 is 15.3 Å². The lowest BCUT2D eigenvalue weighted by molar-refractivity contribution is -0.138. The van der Waals surface area contributed by atoms with Gasteiger partial charge in [-0.3, -0.25) is 14.5 Å². The van der Waals surface area contributed by atoms with Crippen molar-refractivity contribution in [2.24, 2.45) is 5.92 Å². The molecule has 2 aliphatic rings. The zero-order valence-electron chi connectivity index (χ0n) is 16.2. The number of likely N-dealkylation sites (N-methyl/N-ethyl adjacent to an activating group) is 1. The van der Waals surface area contributed by atoms with E-state index in [1.54, 1.807) is 17.0 Å². The molecule has 0 spiro atoms. The van der Waals surface area contributed by atoms with Gasteiger partial charge in [-0.1, -0.05) is 23.7 Å². The first-order valence-corrected chi connectivity index (χ1v) is 9.88. The van der Waals surface area contributed by atoms with Crippen LogP contribution in [-0.4, -0.2) is 71.5 Å². The molecule has 2 fully saturated rings. The van der Waals surface area contributed by atoms with Gasteiger partial charge in [0, 0.05) is 57.0 Å². The summed E-state index contributed by atoms with van der Waals surface area (Å²) in [6.45, 7) is 3.36. The lowest BCUT2D eigenvalue weighted by Gasteiger charge is -2.43. The first-order valence-electron chi connectivity index (χ1n) is 9.50. The maximum Gasteiger partial charge on any atom is 0.407 e. The molecule has 28 heavy (non-hydrogen) atoms. The van der Waals surface area contributed by atoms with E-state index in [0.717, 1.165) is 5.56 Å². The van der Waals surface area contributed by atoms with E-state index < -0.39 is 11.6 Å². The van der Waals surface area contributed by atoms with Gasteiger partial charge in [-0.15, -0.1) is 0 Å². The average molecular weight is 408 g/mol. The van der Waals surface area contributed by atoms with Crippen LogP contribution in [0.3, 0.4) is 0 Å². The molecule has 2 N–H and O–H groups in total. The number of nitrogens with one attached hydrogen (secondary N) is 1. The number of rotatable bonds is 4. The third kappa shape index (κ3) is 3.61. The number of amides is 2. The number of benzene rings is 1. The number of piperidine rings is 1. The molecule has 152 valence electrons. The van der Waals surface area contributed by atoms with Gasteiger partial charge in [-0.05, 0) is 30.5 Å². The number of halogens is 1. The highest BCUT2D eigenvalue weighted by Gasteiger charge is 2.56. The third-order valence-electron chi connectivity index (χ3n) is 6.22. The van der Waals surface area contributed by atoms with Gasteiger partial charge in [0.15, 0.2) is 5.78 Å². The molecule has 7 nitrogen and oxygen atoms in total. The Morgan fingerprint density at radius 1 is 1.21 bits per heavy atom. The average Bonchev–Trinajstić information content (AvgIpc) is 3.13. The van der Waals surface area contributed by atoms with E-state index in [0.29, 0.717) is 37.5 Å². The Kier molecular flexibility index (Phi) is 5.95. The van der Waals surface area contributed by atoms with Gasteiger partial charge in [-0.2, -0.15) is 0 Å². The van der Waals surface area contributed by atoms with Crippen molar-refractivity contribution in [2.45, 2.75) is 31.2 Å². The van der Waals surface area contributed by atoms with Gasteiger partial charge in [0.1, 0.15) is 5.54 Å². The van der Waals surface area contributed by atoms with E-state index in [1.807, 2.05) is 12.1 Å². The minimum atomic E-state index is -1.18. The first kappa shape index (κ1) is 20.6. The van der Waals surface area contributed by atoms with Crippen LogP contribution >= 0.6 is 11.6 Å². The molecule has 2 heterocycles. The smallest absolute Gasteiger partial charge is 0.407 e. The number of carboxylic acid groups (broad SMARTS) is 1. The highest BCUT2D eigenvalue weighted by molar-refractivity contribution is 6.30. The summed E-state index contributed by atoms with van der Waals surface area (Å²) in [7, 11) is 1.47. The van der Waals surface area contributed by atoms with Crippen LogP contribution in [0, 0.1) is 5.92 Å². The second-order valence-electron chi connectivity index (χ2n) is 7.65. The molecule has 0 bridgehead atoms. The zero-order chi connectivity index (χ0) is 20.5. The summed E-state index contributed by atoms with van der Waals surface area (Å²) in [6, 6.07) is 7.24. The fraction of sp³-hybridized carbons (Fsp3) is 0.550. The molecule has 0 radical (unpaired) electrons. The second kappa shape index (κ2) is 8.09. The molecule has 0 aliphatic carbocycles. The molecule has 2 atom stereocenters. The summed E-state index contributed by atoms with van der Waals surface area (Å²) in [5.74, 6) is -0.633. The quantitative estimate of drug-likeness (QED) is 0.798. The molecule has 0 unspecified atom stereocenters. The van der Waals surface area contributed by atoms with Crippen LogP contribution in [0.4, 0.5) is 4.79 Å². The largest absolute Gasteiger partial charge is 0.465 e. The van der Waals surface area contributed by atoms with Crippen LogP contribution < -0.4 is 5.32 Å². The van der Waals surface area contributed by atoms with Crippen molar-refractivity contribution in [3.8, 4) is 0 Å². The number of Topliss-reactive ketones (excluding diaryl/α,β-unsaturated/α-hetero) is 1. The summed E-state index contributed by atoms with van der Waals surface area (Å²) in [6.07, 6.45) is -0.0146. The van der Waals surface area contributed by atoms with Crippen molar-refractivity contribution in [3.63, 3.8) is 0 Å². The highest BCUT2D eigenvalue weighted by Crippen LogP contribution is 2.40. The molecule has 0 aromatic heterocycles. The lowest BCUT2D eigenvalue weighted by Crippen LogP contribution is -2.62. The number of hydrogen-bond acceptors (Lipinski definition) is 4. The van der Waals surface area contributed by atoms with Gasteiger partial charge in [0.2, 0.25) is 5.91 Å². The monoisotopic (exact) mass is 407 g/mol. The number of ketones is 1. The Balaban J connectivity index is 1.94. The van der Waals surface area contributed by atoms with Crippen LogP contribution in [0.1, 0.15) is 31.2 Å². The molecule has 2 aliphatic heterocycles. The molecule has 0 saturated carbocycles. The maximum absolute atomic E-state index is 13.7. The standard InChI is InChI=1S/C20H26ClN3O4/c1-13(25)24-9-7-15(8-10-24)18(26)20(23(2)19(27)28)12-22-11-17(20)14-3-5-16(21)6-4-14/h3-6,15,17,22H,7-12H2,1-2H3,(H,27,28)/t17-,20+/m0/s1. The molecule has 1 aromatic carbocycles. The summed E-state index contributed by atoms with van der Waals surface area (Å²) in [4.78, 5) is 40.1. The summed E-state index contributed by atoms with van der Waals surface area (Å²) >= 11 is 6.01. The first-order chi connectivity index (χ1) is 13.3. The molecular weight excluding hydrogens is 382 g/mol. The van der Waals surface area contributed by atoms with Gasteiger partial charge in [-0.25, -0.2) is 4.79 Å². The van der Waals surface area contributed by atoms with E-state index in [1.165, 1.54) is 18.9 Å². The van der Waals surface area contributed by atoms with Crippen molar-refractivity contribution in [1.29, 1.82) is 0 Å². The SMILES string of the molecule is CC(=O)N1CCC(C(=O)[C@@]2(N(C)C(=O)O)CNC[C@H]2c2ccc(Cl)cc2)CC1. The summed E-state index contributed by atoms with van der Waals surface area (Å²) in [5, 5.41) is 13.6. The Morgan fingerprint density at radius 2 is 1.82 bits per heavy atom. The van der Waals surface area contributed by atoms with Crippen LogP contribution in [0.15, 0.2) is 24.3 Å². The maximum atomic E-state index is 13.7. The van der Waals surface area contributed by atoms with E-state index in [2.05, 4.69) is 5.32 Å². The number of hydrogen-bond donors (Lipinski definition) is 2. The van der Waals surface area contributed by atoms with E-state index >= 15 is 0 Å². The lowest BCUT2D eigenvalue weighted by atomic mass is 9.72. The van der Waals surface area contributed by atoms with Gasteiger partial charge >= 0.3 is 6.09 Å². The van der Waals surface area contributed by atoms with Crippen LogP contribution in [0.5, 0.6) is 0 Å². The molecule has 3 rings (SSSR count). The molecule has 2 saturated heterocycles. The Morgan fingerprint density at radius 3 is 2.36 bits per heavy atom. The summed E-state index contributed by atoms with van der Waals surface area (Å²) < 4.78 is 0. The fourth-order valence-electron chi connectivity index (χ4n) is 4.54. The minimum absolute atomic E-state index is 0.00448. The molecule has 8 heteroatoms. The summed E-state index contributed by atoms with van der Waals surface area (Å²) in [5.41, 5.74) is -0.292. The predicted octanol–water partition coefficient (Wildman–Crippen LogP) is 2.20. The molecule has 2 amide bonds. The van der Waals surface area contributed by atoms with Crippen molar-refractivity contribution in [2.75, 3.05) is 33.2 Å². The Hall–Kier alpha value is -2.12. The van der Waals surface area contributed by atoms with Crippen LogP contribution in [0.2, 0.25) is 5.02 Å². The topological polar surface area (TPSA) is 90.0 Å². The molecule has 1 aromatic rings. The third-order valence-corrected chi connectivity index (χ3v) is 6.47. The van der Waals surface area contributed by atoms with Crippen molar-refractivity contribution in [1.82, 2.24) is 15.1 Å². The number of likely N-dealkylation sites (tertiary alicyclic amines) is 1. The van der Waals surface area contributed by atoms with Crippen molar-refractivity contribution < 1.29 is 19.5 Å². The number of carbonyl (C=O) groups is 3.